The van der Waals surface area contributed by atoms with Crippen molar-refractivity contribution < 1.29 is 24.5 Å². The summed E-state index contributed by atoms with van der Waals surface area (Å²) in [6.07, 6.45) is 102. The van der Waals surface area contributed by atoms with Crippen molar-refractivity contribution in [2.24, 2.45) is 0 Å². The molecule has 0 spiro atoms. The molecule has 536 valence electrons. The quantitative estimate of drug-likeness (QED) is 0.0320. The van der Waals surface area contributed by atoms with Crippen molar-refractivity contribution in [3.63, 3.8) is 0 Å². The zero-order chi connectivity index (χ0) is 64.9. The van der Waals surface area contributed by atoms with Gasteiger partial charge in [0.1, 0.15) is 0 Å². The van der Waals surface area contributed by atoms with E-state index >= 15 is 0 Å². The standard InChI is InChI=1S/C84H165NO5/c1-3-5-7-9-11-13-15-17-19-21-45-48-52-56-60-64-68-72-76-82(87)81(80-86)85-83(88)77-73-69-65-61-57-53-49-46-43-41-39-37-35-33-31-29-27-25-23-22-24-26-28-30-32-34-36-38-40-42-44-47-51-55-59-63-67-71-75-79-90-84(89)78-74-70-66-62-58-54-50-20-18-16-14-12-10-8-6-4-2/h20,50,81-82,86-87H,3-19,21-49,51-80H2,1-2H3,(H,85,88)/b50-20-. The van der Waals surface area contributed by atoms with E-state index in [2.05, 4.69) is 31.3 Å². The molecule has 6 nitrogen and oxygen atoms in total. The molecule has 90 heavy (non-hydrogen) atoms. The van der Waals surface area contributed by atoms with E-state index < -0.39 is 12.1 Å². The van der Waals surface area contributed by atoms with Crippen LogP contribution in [0.1, 0.15) is 489 Å². The summed E-state index contributed by atoms with van der Waals surface area (Å²) in [7, 11) is 0. The lowest BCUT2D eigenvalue weighted by Crippen LogP contribution is -2.45. The van der Waals surface area contributed by atoms with Gasteiger partial charge in [-0.25, -0.2) is 0 Å². The minimum Gasteiger partial charge on any atom is -0.466 e. The number of nitrogens with one attached hydrogen (secondary N) is 1. The summed E-state index contributed by atoms with van der Waals surface area (Å²) in [5.41, 5.74) is 0. The van der Waals surface area contributed by atoms with Gasteiger partial charge in [-0.15, -0.1) is 0 Å². The molecule has 0 aliphatic rings. The number of ether oxygens (including phenoxy) is 1. The lowest BCUT2D eigenvalue weighted by Gasteiger charge is -2.22. The van der Waals surface area contributed by atoms with Gasteiger partial charge < -0.3 is 20.3 Å². The lowest BCUT2D eigenvalue weighted by molar-refractivity contribution is -0.143. The zero-order valence-corrected chi connectivity index (χ0v) is 61.7. The van der Waals surface area contributed by atoms with Gasteiger partial charge in [0, 0.05) is 12.8 Å². The van der Waals surface area contributed by atoms with Crippen molar-refractivity contribution in [2.75, 3.05) is 13.2 Å². The lowest BCUT2D eigenvalue weighted by atomic mass is 10.0. The molecule has 0 bridgehead atoms. The molecule has 1 amide bonds. The highest BCUT2D eigenvalue weighted by Crippen LogP contribution is 2.21. The summed E-state index contributed by atoms with van der Waals surface area (Å²) in [4.78, 5) is 24.7. The molecule has 0 aromatic heterocycles. The Hall–Kier alpha value is -1.40. The van der Waals surface area contributed by atoms with Crippen LogP contribution < -0.4 is 5.32 Å². The number of hydrogen-bond acceptors (Lipinski definition) is 5. The maximum Gasteiger partial charge on any atom is 0.305 e. The Morgan fingerprint density at radius 2 is 0.522 bits per heavy atom. The molecule has 0 rings (SSSR count). The normalized spacial score (nSPS) is 12.4. The Kier molecular flexibility index (Phi) is 78.8. The topological polar surface area (TPSA) is 95.9 Å². The number of esters is 1. The Bertz CT molecular complexity index is 1370. The molecular formula is C84H165NO5. The number of aliphatic hydroxyl groups excluding tert-OH is 2. The summed E-state index contributed by atoms with van der Waals surface area (Å²) in [5.74, 6) is -0.00575. The zero-order valence-electron chi connectivity index (χ0n) is 61.7. The summed E-state index contributed by atoms with van der Waals surface area (Å²) in [6.45, 7) is 5.01. The van der Waals surface area contributed by atoms with Crippen LogP contribution in [-0.4, -0.2) is 47.4 Å². The van der Waals surface area contributed by atoms with E-state index in [1.54, 1.807) is 0 Å². The van der Waals surface area contributed by atoms with Crippen molar-refractivity contribution in [3.8, 4) is 0 Å². The first-order valence-corrected chi connectivity index (χ1v) is 41.9. The molecule has 0 fully saturated rings. The predicted octanol–water partition coefficient (Wildman–Crippen LogP) is 27.8. The first-order valence-electron chi connectivity index (χ1n) is 41.9. The monoisotopic (exact) mass is 1270 g/mol. The van der Waals surface area contributed by atoms with Crippen LogP contribution in [-0.2, 0) is 14.3 Å². The molecule has 0 aromatic rings. The highest BCUT2D eigenvalue weighted by molar-refractivity contribution is 5.76. The van der Waals surface area contributed by atoms with Crippen molar-refractivity contribution in [2.45, 2.75) is 501 Å². The van der Waals surface area contributed by atoms with Crippen LogP contribution in [0.25, 0.3) is 0 Å². The van der Waals surface area contributed by atoms with E-state index in [0.29, 0.717) is 25.9 Å². The number of carbonyl (C=O) groups excluding carboxylic acids is 2. The molecule has 0 aliphatic carbocycles. The van der Waals surface area contributed by atoms with Crippen LogP contribution >= 0.6 is 0 Å². The SMILES string of the molecule is CCCCCCCCC/C=C\CCCCCCCC(=O)OCCCCCCCCCCCCCCCCCCCCCCCCCCCCCCCCCCCCCCCCCC(=O)NC(CO)C(O)CCCCCCCCCCCCCCCCCCCC. The highest BCUT2D eigenvalue weighted by atomic mass is 16.5. The van der Waals surface area contributed by atoms with E-state index in [9.17, 15) is 19.8 Å². The summed E-state index contributed by atoms with van der Waals surface area (Å²) in [6, 6.07) is -0.537. The molecule has 2 atom stereocenters. The Morgan fingerprint density at radius 3 is 0.789 bits per heavy atom. The average Bonchev–Trinajstić information content (AvgIpc) is 3.68. The van der Waals surface area contributed by atoms with Gasteiger partial charge in [-0.1, -0.05) is 437 Å². The molecular weight excluding hydrogens is 1100 g/mol. The second-order valence-electron chi connectivity index (χ2n) is 29.2. The number of unbranched alkanes of at least 4 members (excludes halogenated alkanes) is 67. The fraction of sp³-hybridized carbons (Fsp3) is 0.952. The maximum atomic E-state index is 12.6. The van der Waals surface area contributed by atoms with Gasteiger partial charge in [0.15, 0.2) is 0 Å². The fourth-order valence-electron chi connectivity index (χ4n) is 13.7. The highest BCUT2D eigenvalue weighted by Gasteiger charge is 2.20. The molecule has 0 saturated heterocycles. The predicted molar refractivity (Wildman–Crippen MR) is 398 cm³/mol. The smallest absolute Gasteiger partial charge is 0.305 e. The van der Waals surface area contributed by atoms with Crippen molar-refractivity contribution >= 4 is 11.9 Å². The fourth-order valence-corrected chi connectivity index (χ4v) is 13.7. The second kappa shape index (κ2) is 80.0. The molecule has 0 aromatic carbocycles. The molecule has 0 heterocycles. The average molecular weight is 1270 g/mol. The van der Waals surface area contributed by atoms with E-state index in [-0.39, 0.29) is 18.5 Å². The number of carbonyl (C=O) groups is 2. The van der Waals surface area contributed by atoms with E-state index in [0.717, 1.165) is 44.9 Å². The van der Waals surface area contributed by atoms with Gasteiger partial charge in [0.05, 0.1) is 25.4 Å². The number of rotatable bonds is 80. The van der Waals surface area contributed by atoms with Crippen LogP contribution in [0.15, 0.2) is 12.2 Å². The van der Waals surface area contributed by atoms with E-state index in [1.165, 1.54) is 411 Å². The number of hydrogen-bond donors (Lipinski definition) is 3. The third-order valence-corrected chi connectivity index (χ3v) is 20.1. The van der Waals surface area contributed by atoms with Crippen LogP contribution in [0.2, 0.25) is 0 Å². The van der Waals surface area contributed by atoms with Gasteiger partial charge in [-0.3, -0.25) is 9.59 Å². The molecule has 0 aliphatic heterocycles. The molecule has 6 heteroatoms. The number of allylic oxidation sites excluding steroid dienone is 2. The minimum absolute atomic E-state index is 0.0179. The van der Waals surface area contributed by atoms with Crippen molar-refractivity contribution in [1.29, 1.82) is 0 Å². The maximum absolute atomic E-state index is 12.6. The van der Waals surface area contributed by atoms with Crippen LogP contribution in [0.5, 0.6) is 0 Å². The Morgan fingerprint density at radius 1 is 0.300 bits per heavy atom. The van der Waals surface area contributed by atoms with Gasteiger partial charge in [0.25, 0.3) is 0 Å². The molecule has 0 saturated carbocycles. The number of amides is 1. The first-order chi connectivity index (χ1) is 44.5. The van der Waals surface area contributed by atoms with Crippen LogP contribution in [0.3, 0.4) is 0 Å². The van der Waals surface area contributed by atoms with E-state index in [1.807, 2.05) is 0 Å². The minimum atomic E-state index is -0.660. The first kappa shape index (κ1) is 88.6. The van der Waals surface area contributed by atoms with Gasteiger partial charge in [-0.2, -0.15) is 0 Å². The number of aliphatic hydroxyl groups is 2. The van der Waals surface area contributed by atoms with E-state index in [4.69, 9.17) is 4.74 Å². The Balaban J connectivity index is 3.28. The Labute approximate surface area is 565 Å². The largest absolute Gasteiger partial charge is 0.466 e. The van der Waals surface area contributed by atoms with Crippen molar-refractivity contribution in [1.82, 2.24) is 5.32 Å². The summed E-state index contributed by atoms with van der Waals surface area (Å²) >= 11 is 0. The van der Waals surface area contributed by atoms with Gasteiger partial charge in [0.2, 0.25) is 5.91 Å². The van der Waals surface area contributed by atoms with Crippen LogP contribution in [0.4, 0.5) is 0 Å². The van der Waals surface area contributed by atoms with Crippen LogP contribution in [0, 0.1) is 0 Å². The second-order valence-corrected chi connectivity index (χ2v) is 29.2. The third-order valence-electron chi connectivity index (χ3n) is 20.1. The van der Waals surface area contributed by atoms with Crippen molar-refractivity contribution in [3.05, 3.63) is 12.2 Å². The molecule has 3 N–H and O–H groups in total. The van der Waals surface area contributed by atoms with Gasteiger partial charge in [-0.05, 0) is 51.4 Å². The molecule has 2 unspecified atom stereocenters. The molecule has 0 radical (unpaired) electrons. The third kappa shape index (κ3) is 75.6. The van der Waals surface area contributed by atoms with Gasteiger partial charge >= 0.3 is 5.97 Å². The summed E-state index contributed by atoms with van der Waals surface area (Å²) < 4.78 is 5.51. The summed E-state index contributed by atoms with van der Waals surface area (Å²) in [5, 5.41) is 23.4.